The van der Waals surface area contributed by atoms with E-state index in [1.807, 2.05) is 41.0 Å². The van der Waals surface area contributed by atoms with Gasteiger partial charge in [0, 0.05) is 11.3 Å². The molecule has 5 heteroatoms. The van der Waals surface area contributed by atoms with Crippen molar-refractivity contribution in [3.8, 4) is 5.69 Å². The molecular weight excluding hydrogens is 330 g/mol. The van der Waals surface area contributed by atoms with Crippen molar-refractivity contribution in [1.82, 2.24) is 14.8 Å². The predicted octanol–water partition coefficient (Wildman–Crippen LogP) is 4.12. The molecule has 0 atom stereocenters. The minimum absolute atomic E-state index is 0.140. The number of Topliss-reactive ketones (excluding diaryl/α,β-unsaturated/α-hetero) is 1. The first-order chi connectivity index (χ1) is 12.3. The Morgan fingerprint density at radius 1 is 1.04 bits per heavy atom. The van der Waals surface area contributed by atoms with Crippen molar-refractivity contribution in [2.75, 3.05) is 5.75 Å². The second kappa shape index (κ2) is 7.23. The summed E-state index contributed by atoms with van der Waals surface area (Å²) in [7, 11) is 0. The van der Waals surface area contributed by atoms with Gasteiger partial charge in [0.05, 0.1) is 5.75 Å². The third-order valence-electron chi connectivity index (χ3n) is 4.55. The number of fused-ring (bicyclic) bond motifs is 1. The Kier molecular flexibility index (Phi) is 4.65. The monoisotopic (exact) mass is 349 g/mol. The molecule has 4 nitrogen and oxygen atoms in total. The normalized spacial score (nSPS) is 13.4. The van der Waals surface area contributed by atoms with Crippen LogP contribution in [0.15, 0.2) is 60.0 Å². The summed E-state index contributed by atoms with van der Waals surface area (Å²) in [5.41, 5.74) is 4.55. The van der Waals surface area contributed by atoms with E-state index in [1.165, 1.54) is 35.7 Å². The van der Waals surface area contributed by atoms with Gasteiger partial charge in [-0.05, 0) is 55.0 Å². The molecule has 0 spiro atoms. The van der Waals surface area contributed by atoms with Crippen molar-refractivity contribution in [2.24, 2.45) is 0 Å². The van der Waals surface area contributed by atoms with Crippen LogP contribution in [0.3, 0.4) is 0 Å². The maximum atomic E-state index is 12.6. The lowest BCUT2D eigenvalue weighted by molar-refractivity contribution is 0.102. The second-order valence-corrected chi connectivity index (χ2v) is 7.16. The summed E-state index contributed by atoms with van der Waals surface area (Å²) in [6, 6.07) is 16.1. The van der Waals surface area contributed by atoms with Crippen LogP contribution in [0.2, 0.25) is 0 Å². The van der Waals surface area contributed by atoms with E-state index in [-0.39, 0.29) is 5.78 Å². The highest BCUT2D eigenvalue weighted by atomic mass is 32.2. The molecular formula is C20H19N3OS. The van der Waals surface area contributed by atoms with Gasteiger partial charge >= 0.3 is 0 Å². The fourth-order valence-electron chi connectivity index (χ4n) is 3.21. The highest BCUT2D eigenvalue weighted by Crippen LogP contribution is 2.24. The molecule has 1 heterocycles. The molecule has 0 unspecified atom stereocenters. The van der Waals surface area contributed by atoms with E-state index in [2.05, 4.69) is 22.3 Å². The molecule has 1 aliphatic carbocycles. The quantitative estimate of drug-likeness (QED) is 0.513. The molecule has 0 fully saturated rings. The number of para-hydroxylation sites is 1. The lowest BCUT2D eigenvalue weighted by atomic mass is 9.90. The van der Waals surface area contributed by atoms with Gasteiger partial charge in [-0.2, -0.15) is 0 Å². The van der Waals surface area contributed by atoms with Crippen LogP contribution >= 0.6 is 11.8 Å². The van der Waals surface area contributed by atoms with Gasteiger partial charge in [-0.3, -0.25) is 9.36 Å². The van der Waals surface area contributed by atoms with Crippen LogP contribution in [0, 0.1) is 0 Å². The van der Waals surface area contributed by atoms with Crippen LogP contribution < -0.4 is 0 Å². The van der Waals surface area contributed by atoms with Crippen LogP contribution in [0.25, 0.3) is 5.69 Å². The average Bonchev–Trinajstić information content (AvgIpc) is 3.15. The molecule has 0 N–H and O–H groups in total. The topological polar surface area (TPSA) is 47.8 Å². The van der Waals surface area contributed by atoms with Gasteiger partial charge in [0.2, 0.25) is 0 Å². The van der Waals surface area contributed by atoms with Crippen LogP contribution in [0.1, 0.15) is 34.3 Å². The van der Waals surface area contributed by atoms with E-state index in [4.69, 9.17) is 0 Å². The Hall–Kier alpha value is -2.40. The van der Waals surface area contributed by atoms with Crippen LogP contribution in [0.4, 0.5) is 0 Å². The summed E-state index contributed by atoms with van der Waals surface area (Å²) in [5.74, 6) is 0.505. The van der Waals surface area contributed by atoms with Crippen molar-refractivity contribution in [3.05, 3.63) is 71.5 Å². The van der Waals surface area contributed by atoms with Gasteiger partial charge in [0.25, 0.3) is 0 Å². The largest absolute Gasteiger partial charge is 0.293 e. The number of carbonyl (C=O) groups excluding carboxylic acids is 1. The number of aromatic nitrogens is 3. The van der Waals surface area contributed by atoms with Gasteiger partial charge in [0.15, 0.2) is 10.9 Å². The molecule has 1 aromatic heterocycles. The van der Waals surface area contributed by atoms with E-state index in [0.717, 1.165) is 29.2 Å². The van der Waals surface area contributed by atoms with Gasteiger partial charge < -0.3 is 0 Å². The standard InChI is InChI=1S/C20H19N3OS/c24-19(17-11-10-15-6-4-5-7-16(15)12-17)13-25-20-22-21-14-23(20)18-8-2-1-3-9-18/h1-3,8-12,14H,4-7,13H2. The molecule has 4 rings (SSSR count). The molecule has 126 valence electrons. The van der Waals surface area contributed by atoms with E-state index in [1.54, 1.807) is 6.33 Å². The first-order valence-corrected chi connectivity index (χ1v) is 9.53. The Bertz CT molecular complexity index is 889. The number of nitrogens with zero attached hydrogens (tertiary/aromatic N) is 3. The zero-order valence-corrected chi connectivity index (χ0v) is 14.7. The lowest BCUT2D eigenvalue weighted by Crippen LogP contribution is -2.08. The molecule has 1 aliphatic rings. The van der Waals surface area contributed by atoms with Gasteiger partial charge in [-0.15, -0.1) is 10.2 Å². The minimum atomic E-state index is 0.140. The minimum Gasteiger partial charge on any atom is -0.293 e. The highest BCUT2D eigenvalue weighted by Gasteiger charge is 2.15. The Morgan fingerprint density at radius 2 is 1.84 bits per heavy atom. The second-order valence-electron chi connectivity index (χ2n) is 6.22. The molecule has 0 radical (unpaired) electrons. The number of rotatable bonds is 5. The Balaban J connectivity index is 1.47. The number of thioether (sulfide) groups is 1. The zero-order valence-electron chi connectivity index (χ0n) is 13.9. The number of aryl methyl sites for hydroxylation is 2. The summed E-state index contributed by atoms with van der Waals surface area (Å²) >= 11 is 1.43. The van der Waals surface area contributed by atoms with E-state index < -0.39 is 0 Å². The first-order valence-electron chi connectivity index (χ1n) is 8.54. The lowest BCUT2D eigenvalue weighted by Gasteiger charge is -2.16. The van der Waals surface area contributed by atoms with Gasteiger partial charge in [-0.25, -0.2) is 0 Å². The maximum absolute atomic E-state index is 12.6. The van der Waals surface area contributed by atoms with E-state index in [0.29, 0.717) is 5.75 Å². The number of hydrogen-bond donors (Lipinski definition) is 0. The Labute approximate surface area is 151 Å². The number of hydrogen-bond acceptors (Lipinski definition) is 4. The van der Waals surface area contributed by atoms with Crippen molar-refractivity contribution in [3.63, 3.8) is 0 Å². The molecule has 0 saturated carbocycles. The fraction of sp³-hybridized carbons (Fsp3) is 0.250. The third kappa shape index (κ3) is 3.51. The molecule has 25 heavy (non-hydrogen) atoms. The summed E-state index contributed by atoms with van der Waals surface area (Å²) in [4.78, 5) is 12.6. The molecule has 3 aromatic rings. The van der Waals surface area contributed by atoms with Gasteiger partial charge in [-0.1, -0.05) is 42.1 Å². The zero-order chi connectivity index (χ0) is 17.1. The Morgan fingerprint density at radius 3 is 2.68 bits per heavy atom. The maximum Gasteiger partial charge on any atom is 0.196 e. The first kappa shape index (κ1) is 16.1. The van der Waals surface area contributed by atoms with E-state index >= 15 is 0 Å². The molecule has 2 aromatic carbocycles. The predicted molar refractivity (Wildman–Crippen MR) is 99.5 cm³/mol. The summed E-state index contributed by atoms with van der Waals surface area (Å²) in [6.07, 6.45) is 6.39. The highest BCUT2D eigenvalue weighted by molar-refractivity contribution is 7.99. The van der Waals surface area contributed by atoms with Crippen molar-refractivity contribution in [1.29, 1.82) is 0 Å². The van der Waals surface area contributed by atoms with Crippen molar-refractivity contribution in [2.45, 2.75) is 30.8 Å². The summed E-state index contributed by atoms with van der Waals surface area (Å²) < 4.78 is 1.91. The van der Waals surface area contributed by atoms with E-state index in [9.17, 15) is 4.79 Å². The third-order valence-corrected chi connectivity index (χ3v) is 5.50. The van der Waals surface area contributed by atoms with Crippen LogP contribution in [0.5, 0.6) is 0 Å². The number of benzene rings is 2. The number of ketones is 1. The molecule has 0 aliphatic heterocycles. The van der Waals surface area contributed by atoms with Crippen molar-refractivity contribution >= 4 is 17.5 Å². The number of carbonyl (C=O) groups is 1. The summed E-state index contributed by atoms with van der Waals surface area (Å²) in [5, 5.41) is 8.87. The molecule has 0 bridgehead atoms. The average molecular weight is 349 g/mol. The SMILES string of the molecule is O=C(CSc1nncn1-c1ccccc1)c1ccc2c(c1)CCCC2. The fourth-order valence-corrected chi connectivity index (χ4v) is 4.03. The smallest absolute Gasteiger partial charge is 0.196 e. The van der Waals surface area contributed by atoms with Crippen LogP contribution in [-0.2, 0) is 12.8 Å². The van der Waals surface area contributed by atoms with Crippen LogP contribution in [-0.4, -0.2) is 26.3 Å². The molecule has 0 amide bonds. The van der Waals surface area contributed by atoms with Gasteiger partial charge in [0.1, 0.15) is 6.33 Å². The van der Waals surface area contributed by atoms with Crippen molar-refractivity contribution < 1.29 is 4.79 Å². The molecule has 0 saturated heterocycles. The summed E-state index contributed by atoms with van der Waals surface area (Å²) in [6.45, 7) is 0.